The first kappa shape index (κ1) is 14.9. The summed E-state index contributed by atoms with van der Waals surface area (Å²) in [5, 5.41) is 0. The molecule has 1 amide bonds. The van der Waals surface area contributed by atoms with E-state index in [-0.39, 0.29) is 6.09 Å². The molecule has 4 heteroatoms. The van der Waals surface area contributed by atoms with Crippen molar-refractivity contribution >= 4 is 27.7 Å². The molecular formula is C16H18BrNO2. The summed E-state index contributed by atoms with van der Waals surface area (Å²) in [6, 6.07) is 7.88. The van der Waals surface area contributed by atoms with Crippen LogP contribution in [0.4, 0.5) is 4.79 Å². The topological polar surface area (TPSA) is 29.5 Å². The minimum Gasteiger partial charge on any atom is -0.443 e. The van der Waals surface area contributed by atoms with Crippen LogP contribution in [0.1, 0.15) is 32.8 Å². The molecule has 2 rings (SSSR count). The zero-order valence-corrected chi connectivity index (χ0v) is 13.5. The molecule has 0 aromatic heterocycles. The predicted molar refractivity (Wildman–Crippen MR) is 83.9 cm³/mol. The van der Waals surface area contributed by atoms with Crippen LogP contribution in [0.3, 0.4) is 0 Å². The van der Waals surface area contributed by atoms with Crippen molar-refractivity contribution in [3.63, 3.8) is 0 Å². The second-order valence-corrected chi connectivity index (χ2v) is 6.48. The molecule has 0 aliphatic carbocycles. The van der Waals surface area contributed by atoms with Gasteiger partial charge in [0, 0.05) is 10.7 Å². The van der Waals surface area contributed by atoms with E-state index in [1.807, 2.05) is 57.2 Å². The van der Waals surface area contributed by atoms with Gasteiger partial charge < -0.3 is 4.74 Å². The number of carbonyl (C=O) groups is 1. The highest BCUT2D eigenvalue weighted by Crippen LogP contribution is 2.27. The monoisotopic (exact) mass is 335 g/mol. The van der Waals surface area contributed by atoms with E-state index in [0.717, 1.165) is 22.2 Å². The van der Waals surface area contributed by atoms with Crippen LogP contribution in [0.15, 0.2) is 47.1 Å². The highest BCUT2D eigenvalue weighted by molar-refractivity contribution is 9.10. The number of carbonyl (C=O) groups excluding carboxylic acids is 1. The van der Waals surface area contributed by atoms with Crippen LogP contribution in [-0.4, -0.2) is 16.6 Å². The van der Waals surface area contributed by atoms with E-state index >= 15 is 0 Å². The molecule has 0 unspecified atom stereocenters. The van der Waals surface area contributed by atoms with Gasteiger partial charge >= 0.3 is 6.09 Å². The number of benzene rings is 1. The Bertz CT molecular complexity index is 553. The number of allylic oxidation sites excluding steroid dienone is 2. The Balaban J connectivity index is 2.25. The second kappa shape index (κ2) is 5.83. The third kappa shape index (κ3) is 3.73. The van der Waals surface area contributed by atoms with Crippen LogP contribution in [-0.2, 0) is 4.74 Å². The number of hydrogen-bond donors (Lipinski definition) is 0. The minimum absolute atomic E-state index is 0.359. The van der Waals surface area contributed by atoms with Crippen LogP contribution in [0.2, 0.25) is 0 Å². The first-order valence-corrected chi connectivity index (χ1v) is 7.31. The molecule has 1 aromatic rings. The maximum absolute atomic E-state index is 12.3. The van der Waals surface area contributed by atoms with Crippen molar-refractivity contribution in [3.05, 3.63) is 52.7 Å². The van der Waals surface area contributed by atoms with E-state index in [1.54, 1.807) is 11.1 Å². The lowest BCUT2D eigenvalue weighted by molar-refractivity contribution is 0.0412. The van der Waals surface area contributed by atoms with Gasteiger partial charge in [0.2, 0.25) is 0 Å². The highest BCUT2D eigenvalue weighted by Gasteiger charge is 2.24. The molecule has 0 radical (unpaired) electrons. The van der Waals surface area contributed by atoms with E-state index in [1.165, 1.54) is 0 Å². The van der Waals surface area contributed by atoms with Gasteiger partial charge in [-0.2, -0.15) is 0 Å². The smallest absolute Gasteiger partial charge is 0.418 e. The molecule has 0 spiro atoms. The maximum Gasteiger partial charge on any atom is 0.418 e. The molecule has 0 bridgehead atoms. The molecule has 0 N–H and O–H groups in total. The number of rotatable bonds is 1. The van der Waals surface area contributed by atoms with Crippen molar-refractivity contribution in [1.29, 1.82) is 0 Å². The molecule has 0 saturated heterocycles. The Morgan fingerprint density at radius 3 is 2.50 bits per heavy atom. The first-order chi connectivity index (χ1) is 9.37. The molecule has 1 aliphatic rings. The van der Waals surface area contributed by atoms with Crippen molar-refractivity contribution in [2.75, 3.05) is 0 Å². The third-order valence-corrected chi connectivity index (χ3v) is 3.22. The fourth-order valence-corrected chi connectivity index (χ4v) is 2.14. The van der Waals surface area contributed by atoms with Gasteiger partial charge in [-0.1, -0.05) is 40.2 Å². The summed E-state index contributed by atoms with van der Waals surface area (Å²) < 4.78 is 6.45. The van der Waals surface area contributed by atoms with Gasteiger partial charge in [-0.3, -0.25) is 4.90 Å². The number of hydrogen-bond acceptors (Lipinski definition) is 2. The van der Waals surface area contributed by atoms with Crippen LogP contribution in [0.5, 0.6) is 0 Å². The van der Waals surface area contributed by atoms with E-state index in [9.17, 15) is 4.79 Å². The average Bonchev–Trinajstić information content (AvgIpc) is 2.38. The maximum atomic E-state index is 12.3. The molecule has 0 saturated carbocycles. The van der Waals surface area contributed by atoms with Crippen LogP contribution < -0.4 is 0 Å². The van der Waals surface area contributed by atoms with Gasteiger partial charge in [0.1, 0.15) is 5.60 Å². The van der Waals surface area contributed by atoms with Gasteiger partial charge in [-0.05, 0) is 44.9 Å². The fraction of sp³-hybridized carbons (Fsp3) is 0.312. The second-order valence-electron chi connectivity index (χ2n) is 5.57. The fourth-order valence-electron chi connectivity index (χ4n) is 1.87. The average molecular weight is 336 g/mol. The molecule has 1 aliphatic heterocycles. The molecule has 0 fully saturated rings. The van der Waals surface area contributed by atoms with E-state index in [2.05, 4.69) is 15.9 Å². The summed E-state index contributed by atoms with van der Waals surface area (Å²) in [6.07, 6.45) is 6.18. The van der Waals surface area contributed by atoms with Crippen LogP contribution >= 0.6 is 15.9 Å². The Morgan fingerprint density at radius 1 is 1.25 bits per heavy atom. The summed E-state index contributed by atoms with van der Waals surface area (Å²) in [7, 11) is 0. The van der Waals surface area contributed by atoms with Crippen molar-refractivity contribution < 1.29 is 9.53 Å². The Hall–Kier alpha value is -1.55. The van der Waals surface area contributed by atoms with E-state index < -0.39 is 5.60 Å². The van der Waals surface area contributed by atoms with Gasteiger partial charge in [0.05, 0.1) is 5.70 Å². The molecule has 1 heterocycles. The number of ether oxygens (including phenoxy) is 1. The molecule has 3 nitrogen and oxygen atoms in total. The Kier molecular flexibility index (Phi) is 4.33. The SMILES string of the molecule is CC(C)(C)OC(=O)N1C=CCC=C1c1ccc(Br)cc1. The number of nitrogens with zero attached hydrogens (tertiary/aromatic N) is 1. The predicted octanol–water partition coefficient (Wildman–Crippen LogP) is 4.94. The van der Waals surface area contributed by atoms with Gasteiger partial charge in [-0.25, -0.2) is 4.79 Å². The van der Waals surface area contributed by atoms with Crippen molar-refractivity contribution in [2.24, 2.45) is 0 Å². The van der Waals surface area contributed by atoms with E-state index in [0.29, 0.717) is 0 Å². The molecule has 1 aromatic carbocycles. The summed E-state index contributed by atoms with van der Waals surface area (Å²) in [5.41, 5.74) is 1.34. The lowest BCUT2D eigenvalue weighted by atomic mass is 10.1. The Morgan fingerprint density at radius 2 is 1.90 bits per heavy atom. The molecule has 106 valence electrons. The van der Waals surface area contributed by atoms with Gasteiger partial charge in [0.25, 0.3) is 0 Å². The standard InChI is InChI=1S/C16H18BrNO2/c1-16(2,3)20-15(19)18-11-5-4-6-14(18)12-7-9-13(17)10-8-12/h5-11H,4H2,1-3H3. The molecule has 0 atom stereocenters. The zero-order valence-electron chi connectivity index (χ0n) is 11.9. The normalized spacial score (nSPS) is 15.0. The largest absolute Gasteiger partial charge is 0.443 e. The Labute approximate surface area is 128 Å². The first-order valence-electron chi connectivity index (χ1n) is 6.52. The van der Waals surface area contributed by atoms with Crippen molar-refractivity contribution in [2.45, 2.75) is 32.8 Å². The highest BCUT2D eigenvalue weighted by atomic mass is 79.9. The number of amides is 1. The van der Waals surface area contributed by atoms with Crippen LogP contribution in [0.25, 0.3) is 5.70 Å². The van der Waals surface area contributed by atoms with Crippen LogP contribution in [0, 0.1) is 0 Å². The minimum atomic E-state index is -0.507. The summed E-state index contributed by atoms with van der Waals surface area (Å²) >= 11 is 3.41. The summed E-state index contributed by atoms with van der Waals surface area (Å²) in [5.74, 6) is 0. The van der Waals surface area contributed by atoms with E-state index in [4.69, 9.17) is 4.74 Å². The molecule has 20 heavy (non-hydrogen) atoms. The summed E-state index contributed by atoms with van der Waals surface area (Å²) in [6.45, 7) is 5.59. The summed E-state index contributed by atoms with van der Waals surface area (Å²) in [4.78, 5) is 13.8. The van der Waals surface area contributed by atoms with Gasteiger partial charge in [0.15, 0.2) is 0 Å². The van der Waals surface area contributed by atoms with Gasteiger partial charge in [-0.15, -0.1) is 0 Å². The lowest BCUT2D eigenvalue weighted by Crippen LogP contribution is -2.33. The molecular weight excluding hydrogens is 318 g/mol. The lowest BCUT2D eigenvalue weighted by Gasteiger charge is -2.28. The van der Waals surface area contributed by atoms with Crippen molar-refractivity contribution in [3.8, 4) is 0 Å². The quantitative estimate of drug-likeness (QED) is 0.727. The third-order valence-electron chi connectivity index (χ3n) is 2.69. The van der Waals surface area contributed by atoms with Crippen molar-refractivity contribution in [1.82, 2.24) is 4.90 Å². The zero-order chi connectivity index (χ0) is 14.8. The number of halogens is 1.